The molecule has 0 saturated carbocycles. The van der Waals surface area contributed by atoms with Crippen molar-refractivity contribution in [3.63, 3.8) is 0 Å². The van der Waals surface area contributed by atoms with Gasteiger partial charge in [0.05, 0.1) is 0 Å². The number of hydrogen-bond donors (Lipinski definition) is 0. The van der Waals surface area contributed by atoms with E-state index in [1.54, 1.807) is 0 Å². The predicted octanol–water partition coefficient (Wildman–Crippen LogP) is 3.24. The van der Waals surface area contributed by atoms with Crippen molar-refractivity contribution in [1.29, 1.82) is 0 Å². The Kier molecular flexibility index (Phi) is 3.55. The van der Waals surface area contributed by atoms with Crippen LogP contribution < -0.4 is 4.74 Å². The Morgan fingerprint density at radius 3 is 2.59 bits per heavy atom. The van der Waals surface area contributed by atoms with Gasteiger partial charge in [-0.1, -0.05) is 42.0 Å². The summed E-state index contributed by atoms with van der Waals surface area (Å²) in [6, 6.07) is 16.0. The molecule has 2 aromatic carbocycles. The van der Waals surface area contributed by atoms with E-state index >= 15 is 0 Å². The van der Waals surface area contributed by atoms with Gasteiger partial charge in [-0.15, -0.1) is 0 Å². The van der Waals surface area contributed by atoms with Gasteiger partial charge in [0.1, 0.15) is 12.4 Å². The molecule has 0 N–H and O–H groups in total. The van der Waals surface area contributed by atoms with Crippen LogP contribution in [-0.2, 0) is 4.79 Å². The van der Waals surface area contributed by atoms with Crippen molar-refractivity contribution in [3.8, 4) is 16.9 Å². The normalized spacial score (nSPS) is 9.94. The third-order valence-corrected chi connectivity index (χ3v) is 2.53. The minimum absolute atomic E-state index is 0.0862. The van der Waals surface area contributed by atoms with Crippen LogP contribution in [0.1, 0.15) is 5.56 Å². The maximum absolute atomic E-state index is 10.4. The van der Waals surface area contributed by atoms with Crippen molar-refractivity contribution >= 4 is 6.29 Å². The van der Waals surface area contributed by atoms with Crippen molar-refractivity contribution in [2.45, 2.75) is 6.92 Å². The van der Waals surface area contributed by atoms with Crippen LogP contribution in [0.5, 0.6) is 5.75 Å². The Balaban J connectivity index is 2.43. The van der Waals surface area contributed by atoms with Crippen LogP contribution in [0.3, 0.4) is 0 Å². The molecular weight excluding hydrogens is 212 g/mol. The van der Waals surface area contributed by atoms with Gasteiger partial charge in [-0.2, -0.15) is 0 Å². The number of aldehydes is 1. The molecule has 0 aromatic heterocycles. The summed E-state index contributed by atoms with van der Waals surface area (Å²) >= 11 is 0. The molecule has 86 valence electrons. The highest BCUT2D eigenvalue weighted by molar-refractivity contribution is 5.71. The summed E-state index contributed by atoms with van der Waals surface area (Å²) in [4.78, 5) is 10.4. The fourth-order valence-electron chi connectivity index (χ4n) is 1.74. The molecule has 17 heavy (non-hydrogen) atoms. The number of ether oxygens (including phenoxy) is 1. The maximum atomic E-state index is 10.4. The zero-order chi connectivity index (χ0) is 12.1. The van der Waals surface area contributed by atoms with Gasteiger partial charge in [0, 0.05) is 5.56 Å². The smallest absolute Gasteiger partial charge is 0.157 e. The van der Waals surface area contributed by atoms with Gasteiger partial charge in [0.25, 0.3) is 0 Å². The van der Waals surface area contributed by atoms with E-state index in [0.29, 0.717) is 0 Å². The van der Waals surface area contributed by atoms with Crippen molar-refractivity contribution in [2.75, 3.05) is 6.61 Å². The number of aryl methyl sites for hydroxylation is 1. The Bertz CT molecular complexity index is 504. The van der Waals surface area contributed by atoms with E-state index in [9.17, 15) is 4.79 Å². The first-order valence-corrected chi connectivity index (χ1v) is 5.54. The Hall–Kier alpha value is -2.09. The Morgan fingerprint density at radius 1 is 1.12 bits per heavy atom. The summed E-state index contributed by atoms with van der Waals surface area (Å²) in [5.41, 5.74) is 3.28. The van der Waals surface area contributed by atoms with Crippen LogP contribution in [-0.4, -0.2) is 12.9 Å². The third kappa shape index (κ3) is 2.72. The lowest BCUT2D eigenvalue weighted by Gasteiger charge is -2.10. The van der Waals surface area contributed by atoms with Crippen LogP contribution >= 0.6 is 0 Å². The number of rotatable bonds is 4. The van der Waals surface area contributed by atoms with Gasteiger partial charge in [-0.3, -0.25) is 4.79 Å². The van der Waals surface area contributed by atoms with Gasteiger partial charge >= 0.3 is 0 Å². The van der Waals surface area contributed by atoms with Gasteiger partial charge < -0.3 is 4.74 Å². The summed E-state index contributed by atoms with van der Waals surface area (Å²) in [5, 5.41) is 0. The van der Waals surface area contributed by atoms with E-state index in [1.165, 1.54) is 5.56 Å². The average molecular weight is 226 g/mol. The molecule has 0 aliphatic heterocycles. The molecule has 2 aromatic rings. The van der Waals surface area contributed by atoms with Crippen molar-refractivity contribution in [2.24, 2.45) is 0 Å². The zero-order valence-corrected chi connectivity index (χ0v) is 9.72. The van der Waals surface area contributed by atoms with E-state index in [-0.39, 0.29) is 6.61 Å². The maximum Gasteiger partial charge on any atom is 0.157 e. The first-order valence-electron chi connectivity index (χ1n) is 5.54. The lowest BCUT2D eigenvalue weighted by Crippen LogP contribution is -1.99. The molecule has 0 bridgehead atoms. The number of hydrogen-bond acceptors (Lipinski definition) is 2. The number of carbonyl (C=O) groups excluding carboxylic acids is 1. The first-order chi connectivity index (χ1) is 8.31. The van der Waals surface area contributed by atoms with Crippen molar-refractivity contribution in [3.05, 3.63) is 54.1 Å². The molecule has 0 spiro atoms. The SMILES string of the molecule is Cc1ccc(OCC=O)c(-c2ccccc2)c1. The molecule has 0 aliphatic carbocycles. The summed E-state index contributed by atoms with van der Waals surface area (Å²) in [6.45, 7) is 2.12. The van der Waals surface area contributed by atoms with Gasteiger partial charge in [0.15, 0.2) is 6.29 Å². The topological polar surface area (TPSA) is 26.3 Å². The van der Waals surface area contributed by atoms with Crippen molar-refractivity contribution in [1.82, 2.24) is 0 Å². The van der Waals surface area contributed by atoms with Gasteiger partial charge in [-0.25, -0.2) is 0 Å². The summed E-state index contributed by atoms with van der Waals surface area (Å²) < 4.78 is 5.43. The summed E-state index contributed by atoms with van der Waals surface area (Å²) in [7, 11) is 0. The zero-order valence-electron chi connectivity index (χ0n) is 9.72. The quantitative estimate of drug-likeness (QED) is 0.748. The minimum atomic E-state index is 0.0862. The highest BCUT2D eigenvalue weighted by Gasteiger charge is 2.06. The lowest BCUT2D eigenvalue weighted by molar-refractivity contribution is -0.109. The monoisotopic (exact) mass is 226 g/mol. The Morgan fingerprint density at radius 2 is 1.88 bits per heavy atom. The molecule has 0 aliphatic rings. The molecule has 2 heteroatoms. The fourth-order valence-corrected chi connectivity index (χ4v) is 1.74. The van der Waals surface area contributed by atoms with E-state index in [2.05, 4.69) is 6.07 Å². The molecule has 0 saturated heterocycles. The molecule has 2 nitrogen and oxygen atoms in total. The molecular formula is C15H14O2. The first kappa shape index (κ1) is 11.4. The second-order valence-corrected chi connectivity index (χ2v) is 3.84. The van der Waals surface area contributed by atoms with Crippen LogP contribution in [0.15, 0.2) is 48.5 Å². The van der Waals surface area contributed by atoms with Crippen LogP contribution in [0, 0.1) is 6.92 Å². The molecule has 0 unspecified atom stereocenters. The van der Waals surface area contributed by atoms with Gasteiger partial charge in [0.2, 0.25) is 0 Å². The highest BCUT2D eigenvalue weighted by Crippen LogP contribution is 2.30. The molecule has 2 rings (SSSR count). The second kappa shape index (κ2) is 5.30. The van der Waals surface area contributed by atoms with E-state index in [1.807, 2.05) is 49.4 Å². The number of carbonyl (C=O) groups is 1. The van der Waals surface area contributed by atoms with Gasteiger partial charge in [-0.05, 0) is 24.6 Å². The van der Waals surface area contributed by atoms with E-state index in [0.717, 1.165) is 23.2 Å². The summed E-state index contributed by atoms with van der Waals surface area (Å²) in [5.74, 6) is 0.744. The van der Waals surface area contributed by atoms with E-state index < -0.39 is 0 Å². The fraction of sp³-hybridized carbons (Fsp3) is 0.133. The van der Waals surface area contributed by atoms with Crippen LogP contribution in [0.4, 0.5) is 0 Å². The lowest BCUT2D eigenvalue weighted by atomic mass is 10.0. The molecule has 0 heterocycles. The minimum Gasteiger partial charge on any atom is -0.486 e. The van der Waals surface area contributed by atoms with Crippen molar-refractivity contribution < 1.29 is 9.53 Å². The second-order valence-electron chi connectivity index (χ2n) is 3.84. The molecule has 0 amide bonds. The highest BCUT2D eigenvalue weighted by atomic mass is 16.5. The predicted molar refractivity (Wildman–Crippen MR) is 68.2 cm³/mol. The number of benzene rings is 2. The van der Waals surface area contributed by atoms with Crippen LogP contribution in [0.2, 0.25) is 0 Å². The molecule has 0 radical (unpaired) electrons. The average Bonchev–Trinajstić information content (AvgIpc) is 2.38. The third-order valence-electron chi connectivity index (χ3n) is 2.53. The molecule has 0 atom stereocenters. The molecule has 0 fully saturated rings. The Labute approximate surface area is 101 Å². The largest absolute Gasteiger partial charge is 0.486 e. The standard InChI is InChI=1S/C15H14O2/c1-12-7-8-15(17-10-9-16)14(11-12)13-5-3-2-4-6-13/h2-9,11H,10H2,1H3. The van der Waals surface area contributed by atoms with Crippen LogP contribution in [0.25, 0.3) is 11.1 Å². The van der Waals surface area contributed by atoms with E-state index in [4.69, 9.17) is 4.74 Å². The summed E-state index contributed by atoms with van der Waals surface area (Å²) in [6.07, 6.45) is 0.759.